The number of benzene rings is 1. The molecule has 0 atom stereocenters. The molecule has 1 fully saturated rings. The van der Waals surface area contributed by atoms with Crippen LogP contribution in [0.3, 0.4) is 0 Å². The summed E-state index contributed by atoms with van der Waals surface area (Å²) >= 11 is 0.945. The first-order valence-corrected chi connectivity index (χ1v) is 11.7. The highest BCUT2D eigenvalue weighted by molar-refractivity contribution is 7.15. The minimum atomic E-state index is -0.441. The highest BCUT2D eigenvalue weighted by Gasteiger charge is 2.30. The average Bonchev–Trinajstić information content (AvgIpc) is 3.52. The molecule has 0 unspecified atom stereocenters. The van der Waals surface area contributed by atoms with E-state index in [1.54, 1.807) is 36.3 Å². The molecule has 3 amide bonds. The number of likely N-dealkylation sites (tertiary alicyclic amines) is 1. The maximum absolute atomic E-state index is 12.8. The standard InChI is InChI=1S/C23H25N5O5S/c1-14-3-6-18(33-14)13-24-19(29)15-9-11-28(12-10-15)23(31)22-27-26-21(34-22)20(30)25-16-4-7-17(32-2)8-5-16/h3-8,15H,9-13H2,1-2H3,(H,24,29)(H,25,30). The van der Waals surface area contributed by atoms with Crippen LogP contribution in [0.25, 0.3) is 0 Å². The van der Waals surface area contributed by atoms with E-state index >= 15 is 0 Å². The van der Waals surface area contributed by atoms with Crippen LogP contribution in [0, 0.1) is 12.8 Å². The van der Waals surface area contributed by atoms with Crippen LogP contribution in [0.4, 0.5) is 5.69 Å². The van der Waals surface area contributed by atoms with E-state index in [1.165, 1.54) is 0 Å². The molecular formula is C23H25N5O5S. The van der Waals surface area contributed by atoms with Crippen molar-refractivity contribution in [2.45, 2.75) is 26.3 Å². The molecule has 3 aromatic rings. The molecule has 2 aromatic heterocycles. The second-order valence-corrected chi connectivity index (χ2v) is 8.87. The summed E-state index contributed by atoms with van der Waals surface area (Å²) in [6.45, 7) is 3.07. The lowest BCUT2D eigenvalue weighted by Gasteiger charge is -2.30. The number of aromatic nitrogens is 2. The van der Waals surface area contributed by atoms with Crippen LogP contribution in [0.1, 0.15) is 44.0 Å². The molecule has 10 nitrogen and oxygen atoms in total. The molecule has 1 aliphatic rings. The number of carbonyl (C=O) groups is 3. The first kappa shape index (κ1) is 23.4. The molecular weight excluding hydrogens is 458 g/mol. The normalized spacial score (nSPS) is 14.0. The van der Waals surface area contributed by atoms with Gasteiger partial charge in [0.05, 0.1) is 13.7 Å². The number of methoxy groups -OCH3 is 1. The highest BCUT2D eigenvalue weighted by atomic mass is 32.1. The summed E-state index contributed by atoms with van der Waals surface area (Å²) in [5.74, 6) is 1.25. The number of hydrogen-bond acceptors (Lipinski definition) is 8. The third-order valence-electron chi connectivity index (χ3n) is 5.54. The SMILES string of the molecule is COc1ccc(NC(=O)c2nnc(C(=O)N3CCC(C(=O)NCc4ccc(C)o4)CC3)s2)cc1. The Bertz CT molecular complexity index is 1160. The molecule has 3 heterocycles. The molecule has 1 aromatic carbocycles. The van der Waals surface area contributed by atoms with Crippen LogP contribution >= 0.6 is 11.3 Å². The number of nitrogens with one attached hydrogen (secondary N) is 2. The van der Waals surface area contributed by atoms with Gasteiger partial charge in [0, 0.05) is 24.7 Å². The van der Waals surface area contributed by atoms with Crippen LogP contribution in [0.2, 0.25) is 0 Å². The Balaban J connectivity index is 1.26. The molecule has 4 rings (SSSR count). The van der Waals surface area contributed by atoms with Crippen molar-refractivity contribution in [3.05, 3.63) is 57.9 Å². The highest BCUT2D eigenvalue weighted by Crippen LogP contribution is 2.22. The van der Waals surface area contributed by atoms with E-state index in [0.717, 1.165) is 17.1 Å². The van der Waals surface area contributed by atoms with Crippen molar-refractivity contribution in [3.63, 3.8) is 0 Å². The molecule has 0 radical (unpaired) electrons. The molecule has 0 saturated carbocycles. The zero-order valence-corrected chi connectivity index (χ0v) is 19.7. The Labute approximate surface area is 200 Å². The zero-order valence-electron chi connectivity index (χ0n) is 18.9. The van der Waals surface area contributed by atoms with E-state index in [1.807, 2.05) is 19.1 Å². The van der Waals surface area contributed by atoms with Gasteiger partial charge in [-0.25, -0.2) is 0 Å². The summed E-state index contributed by atoms with van der Waals surface area (Å²) in [5, 5.41) is 13.6. The Morgan fingerprint density at radius 1 is 1.09 bits per heavy atom. The third-order valence-corrected chi connectivity index (χ3v) is 6.45. The zero-order chi connectivity index (χ0) is 24.1. The number of hydrogen-bond donors (Lipinski definition) is 2. The van der Waals surface area contributed by atoms with Gasteiger partial charge in [-0.2, -0.15) is 0 Å². The quantitative estimate of drug-likeness (QED) is 0.529. The second kappa shape index (κ2) is 10.5. The van der Waals surface area contributed by atoms with Crippen molar-refractivity contribution in [1.29, 1.82) is 0 Å². The Hall–Kier alpha value is -3.73. The van der Waals surface area contributed by atoms with Gasteiger partial charge >= 0.3 is 0 Å². The van der Waals surface area contributed by atoms with Crippen LogP contribution in [-0.4, -0.2) is 53.0 Å². The van der Waals surface area contributed by atoms with Gasteiger partial charge in [-0.3, -0.25) is 14.4 Å². The number of piperidine rings is 1. The third kappa shape index (κ3) is 5.60. The Morgan fingerprint density at radius 2 is 1.79 bits per heavy atom. The van der Waals surface area contributed by atoms with Crippen LogP contribution < -0.4 is 15.4 Å². The van der Waals surface area contributed by atoms with E-state index in [4.69, 9.17) is 9.15 Å². The van der Waals surface area contributed by atoms with E-state index in [2.05, 4.69) is 20.8 Å². The maximum Gasteiger partial charge on any atom is 0.286 e. The number of nitrogens with zero attached hydrogens (tertiary/aromatic N) is 3. The minimum Gasteiger partial charge on any atom is -0.497 e. The molecule has 1 aliphatic heterocycles. The molecule has 0 aliphatic carbocycles. The van der Waals surface area contributed by atoms with E-state index in [9.17, 15) is 14.4 Å². The van der Waals surface area contributed by atoms with Gasteiger partial charge in [-0.1, -0.05) is 11.3 Å². The summed E-state index contributed by atoms with van der Waals surface area (Å²) in [4.78, 5) is 39.4. The first-order chi connectivity index (χ1) is 16.4. The molecule has 0 bridgehead atoms. The monoisotopic (exact) mass is 483 g/mol. The van der Waals surface area contributed by atoms with E-state index < -0.39 is 5.91 Å². The van der Waals surface area contributed by atoms with Gasteiger partial charge in [0.15, 0.2) is 0 Å². The fraction of sp³-hybridized carbons (Fsp3) is 0.348. The van der Waals surface area contributed by atoms with E-state index in [0.29, 0.717) is 49.7 Å². The maximum atomic E-state index is 12.8. The lowest BCUT2D eigenvalue weighted by atomic mass is 9.96. The Morgan fingerprint density at radius 3 is 2.44 bits per heavy atom. The molecule has 178 valence electrons. The fourth-order valence-corrected chi connectivity index (χ4v) is 4.35. The van der Waals surface area contributed by atoms with Crippen molar-refractivity contribution >= 4 is 34.7 Å². The number of anilines is 1. The number of furan rings is 1. The minimum absolute atomic E-state index is 0.0467. The number of ether oxygens (including phenoxy) is 1. The average molecular weight is 484 g/mol. The van der Waals surface area contributed by atoms with Crippen molar-refractivity contribution in [1.82, 2.24) is 20.4 Å². The number of carbonyl (C=O) groups excluding carboxylic acids is 3. The van der Waals surface area contributed by atoms with Gasteiger partial charge in [0.1, 0.15) is 17.3 Å². The van der Waals surface area contributed by atoms with Gasteiger partial charge < -0.3 is 24.7 Å². The van der Waals surface area contributed by atoms with Gasteiger partial charge in [-0.05, 0) is 56.2 Å². The van der Waals surface area contributed by atoms with Gasteiger partial charge in [-0.15, -0.1) is 10.2 Å². The molecule has 11 heteroatoms. The van der Waals surface area contributed by atoms with E-state index in [-0.39, 0.29) is 27.7 Å². The molecule has 0 spiro atoms. The number of rotatable bonds is 7. The second-order valence-electron chi connectivity index (χ2n) is 7.89. The first-order valence-electron chi connectivity index (χ1n) is 10.8. The molecule has 1 saturated heterocycles. The number of aryl methyl sites for hydroxylation is 1. The topological polar surface area (TPSA) is 127 Å². The lowest BCUT2D eigenvalue weighted by molar-refractivity contribution is -0.126. The number of amides is 3. The predicted molar refractivity (Wildman–Crippen MR) is 125 cm³/mol. The summed E-state index contributed by atoms with van der Waals surface area (Å²) in [5.41, 5.74) is 0.580. The van der Waals surface area contributed by atoms with Gasteiger partial charge in [0.2, 0.25) is 15.9 Å². The largest absolute Gasteiger partial charge is 0.497 e. The van der Waals surface area contributed by atoms with Gasteiger partial charge in [0.25, 0.3) is 11.8 Å². The van der Waals surface area contributed by atoms with Crippen LogP contribution in [-0.2, 0) is 11.3 Å². The summed E-state index contributed by atoms with van der Waals surface area (Å²) in [7, 11) is 1.56. The van der Waals surface area contributed by atoms with Crippen molar-refractivity contribution in [2.24, 2.45) is 5.92 Å². The summed E-state index contributed by atoms with van der Waals surface area (Å²) < 4.78 is 10.6. The lowest BCUT2D eigenvalue weighted by Crippen LogP contribution is -2.42. The van der Waals surface area contributed by atoms with Crippen molar-refractivity contribution in [3.8, 4) is 5.75 Å². The van der Waals surface area contributed by atoms with Crippen LogP contribution in [0.15, 0.2) is 40.8 Å². The summed E-state index contributed by atoms with van der Waals surface area (Å²) in [6.07, 6.45) is 1.11. The predicted octanol–water partition coefficient (Wildman–Crippen LogP) is 2.87. The fourth-order valence-electron chi connectivity index (χ4n) is 3.64. The molecule has 2 N–H and O–H groups in total. The van der Waals surface area contributed by atoms with Crippen molar-refractivity contribution in [2.75, 3.05) is 25.5 Å². The van der Waals surface area contributed by atoms with Crippen LogP contribution in [0.5, 0.6) is 5.75 Å². The Kier molecular flexibility index (Phi) is 7.21. The summed E-state index contributed by atoms with van der Waals surface area (Å²) in [6, 6.07) is 10.6. The smallest absolute Gasteiger partial charge is 0.286 e. The van der Waals surface area contributed by atoms with Crippen molar-refractivity contribution < 1.29 is 23.5 Å². The molecule has 34 heavy (non-hydrogen) atoms.